The number of carbonyl (C=O) groups excluding carboxylic acids is 1. The van der Waals surface area contributed by atoms with Crippen LogP contribution in [-0.4, -0.2) is 16.4 Å². The van der Waals surface area contributed by atoms with Gasteiger partial charge in [0.05, 0.1) is 28.3 Å². The molecule has 0 fully saturated rings. The molecule has 1 unspecified atom stereocenters. The van der Waals surface area contributed by atoms with E-state index in [0.717, 1.165) is 72.1 Å². The fourth-order valence-corrected chi connectivity index (χ4v) is 5.54. The van der Waals surface area contributed by atoms with Crippen molar-refractivity contribution in [1.29, 1.82) is 5.26 Å². The summed E-state index contributed by atoms with van der Waals surface area (Å²) >= 11 is 1.80. The molecule has 3 aromatic rings. The van der Waals surface area contributed by atoms with E-state index in [9.17, 15) is 44.3 Å². The summed E-state index contributed by atoms with van der Waals surface area (Å²) < 4.78 is 116. The van der Waals surface area contributed by atoms with Gasteiger partial charge < -0.3 is 5.32 Å². The molecule has 14 heteroatoms. The van der Waals surface area contributed by atoms with Gasteiger partial charge in [-0.25, -0.2) is 0 Å². The molecule has 0 aliphatic carbocycles. The third-order valence-corrected chi connectivity index (χ3v) is 8.20. The Morgan fingerprint density at radius 3 is 1.73 bits per heavy atom. The second kappa shape index (κ2) is 11.7. The molecular weight excluding hydrogens is 591 g/mol. The van der Waals surface area contributed by atoms with Crippen molar-refractivity contribution in [3.05, 3.63) is 89.0 Å². The molecule has 3 aromatic carbocycles. The summed E-state index contributed by atoms with van der Waals surface area (Å²) in [7, 11) is 0. The number of nitrogens with one attached hydrogen (secondary N) is 1. The number of rotatable bonds is 7. The Kier molecular flexibility index (Phi) is 9.10. The van der Waals surface area contributed by atoms with E-state index in [2.05, 4.69) is 5.32 Å². The molecule has 3 rings (SSSR count). The van der Waals surface area contributed by atoms with E-state index in [0.29, 0.717) is 11.0 Å². The van der Waals surface area contributed by atoms with E-state index >= 15 is 0 Å². The molecule has 0 saturated carbocycles. The molecule has 0 radical (unpaired) electrons. The Balaban J connectivity index is 1.91. The maximum absolute atomic E-state index is 13.4. The summed E-state index contributed by atoms with van der Waals surface area (Å²) in [6.07, 6.45) is -14.1. The van der Waals surface area contributed by atoms with Gasteiger partial charge in [0.25, 0.3) is 0 Å². The fraction of sp³-hybridized carbons (Fsp3) is 0.231. The maximum Gasteiger partial charge on any atom is 0.417 e. The average molecular weight is 609 g/mol. The lowest BCUT2D eigenvalue weighted by atomic mass is 10.1. The van der Waals surface area contributed by atoms with E-state index in [4.69, 9.17) is 5.26 Å². The van der Waals surface area contributed by atoms with Gasteiger partial charge in [0.1, 0.15) is 4.75 Å². The van der Waals surface area contributed by atoms with Crippen molar-refractivity contribution in [2.75, 3.05) is 11.1 Å². The first-order valence-corrected chi connectivity index (χ1v) is 12.8. The number of halogens is 9. The first-order valence-electron chi connectivity index (χ1n) is 11.0. The van der Waals surface area contributed by atoms with Gasteiger partial charge in [-0.2, -0.15) is 44.8 Å². The molecular formula is C26H17F9N2OS2. The molecule has 0 aliphatic heterocycles. The molecule has 1 N–H and O–H groups in total. The number of hydrogen-bond acceptors (Lipinski definition) is 4. The van der Waals surface area contributed by atoms with E-state index in [1.54, 1.807) is 0 Å². The Morgan fingerprint density at radius 2 is 1.27 bits per heavy atom. The zero-order valence-corrected chi connectivity index (χ0v) is 21.8. The van der Waals surface area contributed by atoms with Crippen molar-refractivity contribution >= 4 is 35.1 Å². The number of amides is 1. The van der Waals surface area contributed by atoms with Crippen LogP contribution in [0, 0.1) is 11.3 Å². The number of anilines is 1. The lowest BCUT2D eigenvalue weighted by Crippen LogP contribution is -2.39. The SMILES string of the molecule is CC(CSc1ccc(C(F)(F)F)cc1)(Sc1ccc(C(F)(F)F)cc1)C(=O)Nc1ccc(C#N)c(C(F)(F)F)c1. The highest BCUT2D eigenvalue weighted by Crippen LogP contribution is 2.41. The van der Waals surface area contributed by atoms with Crippen LogP contribution in [0.1, 0.15) is 29.2 Å². The normalized spacial score (nSPS) is 13.8. The smallest absolute Gasteiger partial charge is 0.325 e. The van der Waals surface area contributed by atoms with Crippen LogP contribution >= 0.6 is 23.5 Å². The highest BCUT2D eigenvalue weighted by Gasteiger charge is 2.38. The summed E-state index contributed by atoms with van der Waals surface area (Å²) in [5, 5.41) is 11.3. The van der Waals surface area contributed by atoms with E-state index in [1.807, 2.05) is 0 Å². The molecule has 1 amide bonds. The zero-order valence-electron chi connectivity index (χ0n) is 20.1. The van der Waals surface area contributed by atoms with Crippen LogP contribution in [0.15, 0.2) is 76.5 Å². The topological polar surface area (TPSA) is 52.9 Å². The average Bonchev–Trinajstić information content (AvgIpc) is 2.86. The minimum absolute atomic E-state index is 0.127. The van der Waals surface area contributed by atoms with Crippen LogP contribution in [-0.2, 0) is 23.3 Å². The maximum atomic E-state index is 13.4. The van der Waals surface area contributed by atoms with Gasteiger partial charge in [-0.05, 0) is 73.7 Å². The van der Waals surface area contributed by atoms with Gasteiger partial charge >= 0.3 is 18.5 Å². The van der Waals surface area contributed by atoms with Gasteiger partial charge in [-0.3, -0.25) is 4.79 Å². The van der Waals surface area contributed by atoms with Crippen molar-refractivity contribution in [2.24, 2.45) is 0 Å². The van der Waals surface area contributed by atoms with Gasteiger partial charge in [-0.15, -0.1) is 23.5 Å². The number of benzene rings is 3. The van der Waals surface area contributed by atoms with E-state index in [1.165, 1.54) is 25.1 Å². The first kappa shape index (κ1) is 31.2. The summed E-state index contributed by atoms with van der Waals surface area (Å²) in [4.78, 5) is 13.9. The third kappa shape index (κ3) is 7.88. The number of thioether (sulfide) groups is 2. The van der Waals surface area contributed by atoms with Crippen molar-refractivity contribution in [1.82, 2.24) is 0 Å². The lowest BCUT2D eigenvalue weighted by Gasteiger charge is -2.28. The number of carbonyl (C=O) groups is 1. The van der Waals surface area contributed by atoms with Crippen LogP contribution in [0.3, 0.4) is 0 Å². The minimum Gasteiger partial charge on any atom is -0.325 e. The number of nitriles is 1. The Bertz CT molecular complexity index is 1390. The van der Waals surface area contributed by atoms with Crippen LogP contribution < -0.4 is 5.32 Å². The molecule has 40 heavy (non-hydrogen) atoms. The van der Waals surface area contributed by atoms with Crippen molar-refractivity contribution < 1.29 is 44.3 Å². The Hall–Kier alpha value is -3.31. The van der Waals surface area contributed by atoms with Gasteiger partial charge in [0.2, 0.25) is 5.91 Å². The molecule has 0 bridgehead atoms. The monoisotopic (exact) mass is 608 g/mol. The van der Waals surface area contributed by atoms with Crippen molar-refractivity contribution in [3.63, 3.8) is 0 Å². The molecule has 0 saturated heterocycles. The highest BCUT2D eigenvalue weighted by molar-refractivity contribution is 8.04. The Morgan fingerprint density at radius 1 is 0.775 bits per heavy atom. The molecule has 0 spiro atoms. The van der Waals surface area contributed by atoms with E-state index in [-0.39, 0.29) is 16.3 Å². The number of hydrogen-bond donors (Lipinski definition) is 1. The first-order chi connectivity index (χ1) is 18.4. The molecule has 212 valence electrons. The number of nitrogens with zero attached hydrogens (tertiary/aromatic N) is 1. The van der Waals surface area contributed by atoms with Gasteiger partial charge in [-0.1, -0.05) is 0 Å². The largest absolute Gasteiger partial charge is 0.417 e. The summed E-state index contributed by atoms with van der Waals surface area (Å²) in [6.45, 7) is 1.40. The highest BCUT2D eigenvalue weighted by atomic mass is 32.2. The predicted octanol–water partition coefficient (Wildman–Crippen LogP) is 8.90. The molecule has 3 nitrogen and oxygen atoms in total. The zero-order chi connectivity index (χ0) is 29.9. The van der Waals surface area contributed by atoms with Gasteiger partial charge in [0.15, 0.2) is 0 Å². The molecule has 0 aromatic heterocycles. The van der Waals surface area contributed by atoms with Crippen LogP contribution in [0.2, 0.25) is 0 Å². The van der Waals surface area contributed by atoms with Crippen LogP contribution in [0.4, 0.5) is 45.2 Å². The third-order valence-electron chi connectivity index (χ3n) is 5.40. The molecule has 0 heterocycles. The quantitative estimate of drug-likeness (QED) is 0.215. The Labute approximate surface area is 230 Å². The second-order valence-corrected chi connectivity index (χ2v) is 11.1. The van der Waals surface area contributed by atoms with E-state index < -0.39 is 51.4 Å². The molecule has 0 aliphatic rings. The predicted molar refractivity (Wildman–Crippen MR) is 133 cm³/mol. The number of alkyl halides is 9. The van der Waals surface area contributed by atoms with Crippen LogP contribution in [0.25, 0.3) is 0 Å². The summed E-state index contributed by atoms with van der Waals surface area (Å²) in [6, 6.07) is 11.9. The summed E-state index contributed by atoms with van der Waals surface area (Å²) in [5.74, 6) is -0.951. The van der Waals surface area contributed by atoms with Crippen LogP contribution in [0.5, 0.6) is 0 Å². The van der Waals surface area contributed by atoms with Crippen molar-refractivity contribution in [2.45, 2.75) is 40.0 Å². The minimum atomic E-state index is -4.89. The standard InChI is InChI=1S/C26H17F9N2OS2/c1-23(40-20-10-5-17(6-11-20)25(30,31)32,14-39-19-8-3-16(4-9-19)24(27,28)29)22(38)37-18-7-2-15(13-36)21(12-18)26(33,34)35/h2-12H,14H2,1H3,(H,37,38). The van der Waals surface area contributed by atoms with Crippen molar-refractivity contribution in [3.8, 4) is 6.07 Å². The molecule has 1 atom stereocenters. The fourth-order valence-electron chi connectivity index (χ4n) is 3.29. The summed E-state index contributed by atoms with van der Waals surface area (Å²) in [5.41, 5.74) is -4.04. The van der Waals surface area contributed by atoms with Gasteiger partial charge in [0, 0.05) is 21.2 Å². The second-order valence-electron chi connectivity index (χ2n) is 8.49. The lowest BCUT2D eigenvalue weighted by molar-refractivity contribution is -0.138.